The third-order valence-corrected chi connectivity index (χ3v) is 7.99. The second-order valence-electron chi connectivity index (χ2n) is 9.96. The minimum Gasteiger partial charge on any atom is -0.493 e. The Balaban J connectivity index is 1.33. The number of nitrogens with one attached hydrogen (secondary N) is 1. The van der Waals surface area contributed by atoms with Gasteiger partial charge in [-0.25, -0.2) is 0 Å². The van der Waals surface area contributed by atoms with E-state index in [1.807, 2.05) is 29.2 Å². The Morgan fingerprint density at radius 2 is 1.84 bits per heavy atom. The van der Waals surface area contributed by atoms with Crippen LogP contribution in [0.3, 0.4) is 0 Å². The van der Waals surface area contributed by atoms with Crippen molar-refractivity contribution in [3.8, 4) is 5.75 Å². The van der Waals surface area contributed by atoms with Gasteiger partial charge in [-0.15, -0.1) is 0 Å². The Kier molecular flexibility index (Phi) is 6.37. The first-order valence-corrected chi connectivity index (χ1v) is 12.4. The molecule has 0 aromatic heterocycles. The van der Waals surface area contributed by atoms with Gasteiger partial charge in [-0.1, -0.05) is 37.5 Å². The summed E-state index contributed by atoms with van der Waals surface area (Å²) < 4.78 is 5.75. The largest absolute Gasteiger partial charge is 0.493 e. The van der Waals surface area contributed by atoms with E-state index >= 15 is 0 Å². The van der Waals surface area contributed by atoms with Crippen LogP contribution in [-0.4, -0.2) is 66.0 Å². The van der Waals surface area contributed by atoms with Gasteiger partial charge >= 0.3 is 0 Å². The molecule has 1 unspecified atom stereocenters. The van der Waals surface area contributed by atoms with E-state index in [0.29, 0.717) is 25.7 Å². The van der Waals surface area contributed by atoms with Crippen molar-refractivity contribution in [2.45, 2.75) is 75.5 Å². The first kappa shape index (κ1) is 21.7. The molecule has 1 aliphatic carbocycles. The molecule has 1 aromatic rings. The average Bonchev–Trinajstić information content (AvgIpc) is 3.31. The third-order valence-electron chi connectivity index (χ3n) is 7.99. The zero-order valence-corrected chi connectivity index (χ0v) is 18.9. The standard InChI is InChI=1S/C25H36N4O3/c26-23(17-7-2-1-3-8-17)25(31)29-15-18-9-6-13-28(18)16-21(29)24(30)27-20-12-14-32-22-11-5-4-10-19(20)22/h4-5,10-11,17-18,20-21,23H,1-3,6-9,12-16,26H2,(H,27,30)/t18-,20+,21?,23-/m0/s1. The molecule has 1 saturated carbocycles. The van der Waals surface area contributed by atoms with Gasteiger partial charge in [0.2, 0.25) is 11.8 Å². The fourth-order valence-electron chi connectivity index (χ4n) is 6.13. The molecule has 4 atom stereocenters. The Labute approximate surface area is 190 Å². The van der Waals surface area contributed by atoms with Crippen molar-refractivity contribution in [2.75, 3.05) is 26.2 Å². The smallest absolute Gasteiger partial charge is 0.244 e. The molecule has 1 aromatic carbocycles. The van der Waals surface area contributed by atoms with Crippen LogP contribution >= 0.6 is 0 Å². The number of piperazine rings is 1. The number of nitrogens with two attached hydrogens (primary N) is 1. The summed E-state index contributed by atoms with van der Waals surface area (Å²) in [7, 11) is 0. The first-order chi connectivity index (χ1) is 15.6. The molecule has 7 nitrogen and oxygen atoms in total. The Hall–Kier alpha value is -2.12. The number of rotatable bonds is 4. The van der Waals surface area contributed by atoms with Gasteiger partial charge in [0, 0.05) is 31.1 Å². The SMILES string of the molecule is N[C@H](C(=O)N1C[C@@H]2CCCN2CC1C(=O)N[C@@H]1CCOc2ccccc21)C1CCCCC1. The summed E-state index contributed by atoms with van der Waals surface area (Å²) in [6.07, 6.45) is 8.52. The first-order valence-electron chi connectivity index (χ1n) is 12.4. The monoisotopic (exact) mass is 440 g/mol. The minimum absolute atomic E-state index is 0.0315. The predicted molar refractivity (Wildman–Crippen MR) is 122 cm³/mol. The quantitative estimate of drug-likeness (QED) is 0.750. The van der Waals surface area contributed by atoms with Crippen LogP contribution in [0, 0.1) is 5.92 Å². The molecular formula is C25H36N4O3. The highest BCUT2D eigenvalue weighted by molar-refractivity contribution is 5.90. The van der Waals surface area contributed by atoms with Crippen molar-refractivity contribution in [3.05, 3.63) is 29.8 Å². The van der Waals surface area contributed by atoms with Crippen molar-refractivity contribution in [3.63, 3.8) is 0 Å². The molecule has 3 heterocycles. The van der Waals surface area contributed by atoms with Gasteiger partial charge in [-0.2, -0.15) is 0 Å². The zero-order chi connectivity index (χ0) is 22.1. The number of hydrogen-bond acceptors (Lipinski definition) is 5. The van der Waals surface area contributed by atoms with Gasteiger partial charge in [-0.3, -0.25) is 14.5 Å². The molecule has 0 radical (unpaired) electrons. The highest BCUT2D eigenvalue weighted by atomic mass is 16.5. The van der Waals surface area contributed by atoms with Crippen molar-refractivity contribution in [1.82, 2.24) is 15.1 Å². The molecule has 2 saturated heterocycles. The van der Waals surface area contributed by atoms with Crippen LogP contribution in [0.15, 0.2) is 24.3 Å². The van der Waals surface area contributed by atoms with E-state index in [2.05, 4.69) is 10.2 Å². The lowest BCUT2D eigenvalue weighted by Crippen LogP contribution is -2.65. The van der Waals surface area contributed by atoms with E-state index < -0.39 is 12.1 Å². The van der Waals surface area contributed by atoms with Gasteiger partial charge in [0.1, 0.15) is 11.8 Å². The molecule has 32 heavy (non-hydrogen) atoms. The highest BCUT2D eigenvalue weighted by Crippen LogP contribution is 2.33. The van der Waals surface area contributed by atoms with Gasteiger partial charge in [0.25, 0.3) is 0 Å². The lowest BCUT2D eigenvalue weighted by atomic mass is 9.83. The van der Waals surface area contributed by atoms with Crippen molar-refractivity contribution in [1.29, 1.82) is 0 Å². The number of hydrogen-bond donors (Lipinski definition) is 2. The lowest BCUT2D eigenvalue weighted by molar-refractivity contribution is -0.147. The molecule has 174 valence electrons. The number of fused-ring (bicyclic) bond motifs is 2. The number of carbonyl (C=O) groups is 2. The number of carbonyl (C=O) groups excluding carboxylic acids is 2. The highest BCUT2D eigenvalue weighted by Gasteiger charge is 2.44. The molecule has 7 heteroatoms. The second kappa shape index (κ2) is 9.40. The van der Waals surface area contributed by atoms with Crippen LogP contribution in [0.5, 0.6) is 5.75 Å². The van der Waals surface area contributed by atoms with E-state index in [0.717, 1.165) is 62.8 Å². The molecule has 3 N–H and O–H groups in total. The molecule has 3 fully saturated rings. The Bertz CT molecular complexity index is 840. The second-order valence-corrected chi connectivity index (χ2v) is 9.96. The van der Waals surface area contributed by atoms with Crippen molar-refractivity contribution >= 4 is 11.8 Å². The molecule has 4 aliphatic rings. The van der Waals surface area contributed by atoms with E-state index in [-0.39, 0.29) is 23.8 Å². The maximum atomic E-state index is 13.6. The van der Waals surface area contributed by atoms with E-state index in [1.54, 1.807) is 0 Å². The van der Waals surface area contributed by atoms with Crippen molar-refractivity contribution < 1.29 is 14.3 Å². The van der Waals surface area contributed by atoms with Gasteiger partial charge in [-0.05, 0) is 44.2 Å². The number of benzene rings is 1. The van der Waals surface area contributed by atoms with Crippen LogP contribution in [0.4, 0.5) is 0 Å². The summed E-state index contributed by atoms with van der Waals surface area (Å²) in [5.74, 6) is 0.973. The lowest BCUT2D eigenvalue weighted by Gasteiger charge is -2.45. The summed E-state index contributed by atoms with van der Waals surface area (Å²) in [4.78, 5) is 31.4. The molecular weight excluding hydrogens is 404 g/mol. The van der Waals surface area contributed by atoms with Gasteiger partial charge in [0.05, 0.1) is 18.7 Å². The minimum atomic E-state index is -0.498. The van der Waals surface area contributed by atoms with E-state index in [9.17, 15) is 9.59 Å². The Morgan fingerprint density at radius 1 is 1.03 bits per heavy atom. The van der Waals surface area contributed by atoms with Gasteiger partial charge in [0.15, 0.2) is 0 Å². The maximum Gasteiger partial charge on any atom is 0.244 e. The molecule has 3 aliphatic heterocycles. The maximum absolute atomic E-state index is 13.6. The van der Waals surface area contributed by atoms with E-state index in [4.69, 9.17) is 10.5 Å². The van der Waals surface area contributed by atoms with Crippen LogP contribution in [0.2, 0.25) is 0 Å². The number of amides is 2. The molecule has 0 spiro atoms. The van der Waals surface area contributed by atoms with Crippen LogP contribution in [0.25, 0.3) is 0 Å². The van der Waals surface area contributed by atoms with E-state index in [1.165, 1.54) is 6.42 Å². The number of ether oxygens (including phenoxy) is 1. The van der Waals surface area contributed by atoms with Gasteiger partial charge < -0.3 is 20.7 Å². The van der Waals surface area contributed by atoms with Crippen molar-refractivity contribution in [2.24, 2.45) is 11.7 Å². The number of para-hydroxylation sites is 1. The van der Waals surface area contributed by atoms with Crippen LogP contribution < -0.4 is 15.8 Å². The molecule has 0 bridgehead atoms. The van der Waals surface area contributed by atoms with Crippen LogP contribution in [-0.2, 0) is 9.59 Å². The normalized spacial score (nSPS) is 29.5. The molecule has 5 rings (SSSR count). The fourth-order valence-corrected chi connectivity index (χ4v) is 6.13. The summed E-state index contributed by atoms with van der Waals surface area (Å²) in [5.41, 5.74) is 7.53. The zero-order valence-electron chi connectivity index (χ0n) is 18.9. The topological polar surface area (TPSA) is 87.9 Å². The Morgan fingerprint density at radius 3 is 2.69 bits per heavy atom. The summed E-state index contributed by atoms with van der Waals surface area (Å²) in [5, 5.41) is 3.25. The predicted octanol–water partition coefficient (Wildman–Crippen LogP) is 2.21. The van der Waals surface area contributed by atoms with Crippen LogP contribution in [0.1, 0.15) is 63.0 Å². The third kappa shape index (κ3) is 4.25. The summed E-state index contributed by atoms with van der Waals surface area (Å²) in [6, 6.07) is 7.16. The fraction of sp³-hybridized carbons (Fsp3) is 0.680. The average molecular weight is 441 g/mol. The summed E-state index contributed by atoms with van der Waals surface area (Å²) >= 11 is 0. The molecule has 2 amide bonds. The summed E-state index contributed by atoms with van der Waals surface area (Å²) in [6.45, 7) is 2.80. The number of nitrogens with zero attached hydrogens (tertiary/aromatic N) is 2.